The van der Waals surface area contributed by atoms with Gasteiger partial charge in [-0.2, -0.15) is 0 Å². The van der Waals surface area contributed by atoms with E-state index in [0.29, 0.717) is 11.0 Å². The normalized spacial score (nSPS) is 14.2. The predicted molar refractivity (Wildman–Crippen MR) is 139 cm³/mol. The van der Waals surface area contributed by atoms with Crippen LogP contribution in [-0.2, 0) is 9.53 Å². The number of likely N-dealkylation sites (N-methyl/N-ethyl adjacent to an activating group) is 1. The molecule has 0 bridgehead atoms. The summed E-state index contributed by atoms with van der Waals surface area (Å²) in [4.78, 5) is 10.9. The molecule has 4 nitrogen and oxygen atoms in total. The van der Waals surface area contributed by atoms with Crippen molar-refractivity contribution in [3.63, 3.8) is 0 Å². The molecule has 0 saturated heterocycles. The van der Waals surface area contributed by atoms with E-state index in [-0.39, 0.29) is 6.42 Å². The lowest BCUT2D eigenvalue weighted by atomic mass is 10.1. The van der Waals surface area contributed by atoms with Gasteiger partial charge in [0.15, 0.2) is 6.10 Å². The van der Waals surface area contributed by atoms with Gasteiger partial charge in [0.2, 0.25) is 0 Å². The third-order valence-electron chi connectivity index (χ3n) is 4.86. The summed E-state index contributed by atoms with van der Waals surface area (Å²) in [6.07, 6.45) is 34.9. The van der Waals surface area contributed by atoms with Gasteiger partial charge in [-0.05, 0) is 18.9 Å². The Morgan fingerprint density at radius 3 is 1.76 bits per heavy atom. The fraction of sp³-hybridized carbons (Fsp3) is 0.552. The minimum atomic E-state index is -1.10. The van der Waals surface area contributed by atoms with Crippen LogP contribution in [0.25, 0.3) is 0 Å². The van der Waals surface area contributed by atoms with Crippen molar-refractivity contribution >= 4 is 5.97 Å². The second-order valence-electron chi connectivity index (χ2n) is 9.37. The van der Waals surface area contributed by atoms with E-state index in [9.17, 15) is 9.90 Å². The van der Waals surface area contributed by atoms with Gasteiger partial charge in [-0.25, -0.2) is 0 Å². The Hall–Kier alpha value is -2.33. The first-order valence-electron chi connectivity index (χ1n) is 12.5. The molecule has 0 radical (unpaired) electrons. The van der Waals surface area contributed by atoms with E-state index in [1.165, 1.54) is 57.6 Å². The zero-order chi connectivity index (χ0) is 24.6. The smallest absolute Gasteiger partial charge is 0.152 e. The quantitative estimate of drug-likeness (QED) is 0.0968. The summed E-state index contributed by atoms with van der Waals surface area (Å²) in [5.41, 5.74) is 0. The fourth-order valence-corrected chi connectivity index (χ4v) is 3.24. The molecule has 0 heterocycles. The van der Waals surface area contributed by atoms with Crippen LogP contribution in [0.5, 0.6) is 0 Å². The topological polar surface area (TPSA) is 49.4 Å². The lowest BCUT2D eigenvalue weighted by molar-refractivity contribution is -0.873. The van der Waals surface area contributed by atoms with Gasteiger partial charge in [0.05, 0.1) is 27.4 Å². The van der Waals surface area contributed by atoms with Gasteiger partial charge >= 0.3 is 0 Å². The van der Waals surface area contributed by atoms with Gasteiger partial charge in [-0.15, -0.1) is 0 Å². The number of nitrogens with zero attached hydrogens (tertiary/aromatic N) is 1. The van der Waals surface area contributed by atoms with Crippen molar-refractivity contribution in [1.82, 2.24) is 0 Å². The molecule has 0 unspecified atom stereocenters. The summed E-state index contributed by atoms with van der Waals surface area (Å²) in [5.74, 6) is -1.10. The first kappa shape index (κ1) is 30.7. The SMILES string of the molecule is CCCCCCCCCCC=CC=CC=CC=CC=CC=CO[C@H](CC(=O)[O-])C[N+](C)(C)C. The minimum Gasteiger partial charge on any atom is -0.550 e. The zero-order valence-corrected chi connectivity index (χ0v) is 21.5. The monoisotopic (exact) mass is 457 g/mol. The summed E-state index contributed by atoms with van der Waals surface area (Å²) in [7, 11) is 5.99. The van der Waals surface area contributed by atoms with E-state index in [1.807, 2.05) is 63.7 Å². The Bertz CT molecular complexity index is 648. The molecule has 33 heavy (non-hydrogen) atoms. The van der Waals surface area contributed by atoms with Gasteiger partial charge in [0.25, 0.3) is 0 Å². The van der Waals surface area contributed by atoms with Crippen molar-refractivity contribution < 1.29 is 19.1 Å². The van der Waals surface area contributed by atoms with Crippen LogP contribution < -0.4 is 5.11 Å². The number of carbonyl (C=O) groups excluding carboxylic acids is 1. The maximum absolute atomic E-state index is 10.9. The lowest BCUT2D eigenvalue weighted by Gasteiger charge is -2.28. The Kier molecular flexibility index (Phi) is 20.0. The molecule has 0 aliphatic heterocycles. The van der Waals surface area contributed by atoms with Crippen LogP contribution in [0, 0.1) is 0 Å². The van der Waals surface area contributed by atoms with E-state index < -0.39 is 12.1 Å². The second kappa shape index (κ2) is 21.5. The molecule has 0 aliphatic rings. The zero-order valence-electron chi connectivity index (χ0n) is 21.5. The van der Waals surface area contributed by atoms with E-state index in [2.05, 4.69) is 25.2 Å². The van der Waals surface area contributed by atoms with E-state index >= 15 is 0 Å². The van der Waals surface area contributed by atoms with E-state index in [4.69, 9.17) is 4.74 Å². The first-order chi connectivity index (χ1) is 15.8. The number of allylic oxidation sites excluding steroid dienone is 11. The molecular weight excluding hydrogens is 410 g/mol. The van der Waals surface area contributed by atoms with Gasteiger partial charge in [-0.1, -0.05) is 113 Å². The summed E-state index contributed by atoms with van der Waals surface area (Å²) in [6.45, 7) is 2.85. The molecule has 0 amide bonds. The lowest BCUT2D eigenvalue weighted by Crippen LogP contribution is -2.44. The predicted octanol–water partition coefficient (Wildman–Crippen LogP) is 6.04. The molecule has 0 rings (SSSR count). The number of unbranched alkanes of at least 4 members (excludes halogenated alkanes) is 8. The summed E-state index contributed by atoms with van der Waals surface area (Å²) in [5, 5.41) is 10.9. The molecule has 0 saturated carbocycles. The molecule has 0 aromatic rings. The molecule has 0 aromatic carbocycles. The number of aliphatic carboxylic acids is 1. The van der Waals surface area contributed by atoms with Crippen molar-refractivity contribution in [2.45, 2.75) is 77.2 Å². The number of ether oxygens (including phenoxy) is 1. The van der Waals surface area contributed by atoms with Crippen molar-refractivity contribution in [3.8, 4) is 0 Å². The number of hydrogen-bond donors (Lipinski definition) is 0. The fourth-order valence-electron chi connectivity index (χ4n) is 3.24. The number of carboxylic acid groups (broad SMARTS) is 1. The molecule has 0 aliphatic carbocycles. The number of rotatable bonds is 20. The van der Waals surface area contributed by atoms with Gasteiger partial charge in [0.1, 0.15) is 6.54 Å². The number of carboxylic acids is 1. The third-order valence-corrected chi connectivity index (χ3v) is 4.86. The van der Waals surface area contributed by atoms with Gasteiger partial charge in [-0.3, -0.25) is 0 Å². The molecular formula is C29H47NO3. The summed E-state index contributed by atoms with van der Waals surface area (Å²) >= 11 is 0. The Labute approximate surface area is 203 Å². The second-order valence-corrected chi connectivity index (χ2v) is 9.37. The van der Waals surface area contributed by atoms with Crippen LogP contribution in [0.15, 0.2) is 73.1 Å². The minimum absolute atomic E-state index is 0.115. The molecule has 4 heteroatoms. The number of carbonyl (C=O) groups is 1. The van der Waals surface area contributed by atoms with E-state index in [1.54, 1.807) is 6.08 Å². The third kappa shape index (κ3) is 25.8. The molecule has 0 fully saturated rings. The molecule has 1 atom stereocenters. The van der Waals surface area contributed by atoms with Crippen molar-refractivity contribution in [1.29, 1.82) is 0 Å². The standard InChI is InChI=1S/C29H47NO3/c1-5-6-7-8-9-10-11-12-13-14-15-16-17-18-19-20-21-22-23-24-25-33-28(26-29(31)32)27-30(2,3)4/h14-25,28H,5-13,26-27H2,1-4H3/t28-/m1/s1. The maximum atomic E-state index is 10.9. The van der Waals surface area contributed by atoms with Crippen molar-refractivity contribution in [2.24, 2.45) is 0 Å². The number of quaternary nitrogens is 1. The molecule has 186 valence electrons. The van der Waals surface area contributed by atoms with E-state index in [0.717, 1.165) is 6.42 Å². The Morgan fingerprint density at radius 1 is 0.758 bits per heavy atom. The molecule has 0 spiro atoms. The summed E-state index contributed by atoms with van der Waals surface area (Å²) in [6, 6.07) is 0. The van der Waals surface area contributed by atoms with Crippen molar-refractivity contribution in [2.75, 3.05) is 27.7 Å². The highest BCUT2D eigenvalue weighted by atomic mass is 16.5. The molecule has 0 N–H and O–H groups in total. The average Bonchev–Trinajstić information content (AvgIpc) is 2.73. The van der Waals surface area contributed by atoms with Crippen LogP contribution in [0.3, 0.4) is 0 Å². The largest absolute Gasteiger partial charge is 0.550 e. The average molecular weight is 458 g/mol. The van der Waals surface area contributed by atoms with Crippen LogP contribution in [0.2, 0.25) is 0 Å². The Morgan fingerprint density at radius 2 is 1.24 bits per heavy atom. The van der Waals surface area contributed by atoms with Gasteiger partial charge in [0, 0.05) is 12.4 Å². The first-order valence-corrected chi connectivity index (χ1v) is 12.5. The highest BCUT2D eigenvalue weighted by molar-refractivity contribution is 5.64. The van der Waals surface area contributed by atoms with Gasteiger partial charge < -0.3 is 19.1 Å². The van der Waals surface area contributed by atoms with Crippen LogP contribution in [-0.4, -0.2) is 44.2 Å². The summed E-state index contributed by atoms with van der Waals surface area (Å²) < 4.78 is 6.17. The molecule has 0 aromatic heterocycles. The van der Waals surface area contributed by atoms with Crippen LogP contribution in [0.4, 0.5) is 0 Å². The van der Waals surface area contributed by atoms with Crippen LogP contribution in [0.1, 0.15) is 71.1 Å². The highest BCUT2D eigenvalue weighted by Crippen LogP contribution is 2.09. The van der Waals surface area contributed by atoms with Crippen molar-refractivity contribution in [3.05, 3.63) is 73.1 Å². The Balaban J connectivity index is 3.91. The van der Waals surface area contributed by atoms with Crippen LogP contribution >= 0.6 is 0 Å². The maximum Gasteiger partial charge on any atom is 0.152 e. The number of hydrogen-bond acceptors (Lipinski definition) is 3. The highest BCUT2D eigenvalue weighted by Gasteiger charge is 2.18.